The number of nitrogens with zero attached hydrogens (tertiary/aromatic N) is 1. The highest BCUT2D eigenvalue weighted by atomic mass is 19.4. The highest BCUT2D eigenvalue weighted by Crippen LogP contribution is 2.12. The van der Waals surface area contributed by atoms with E-state index in [9.17, 15) is 12.9 Å². The number of nitrogens with one attached hydrogen (secondary N) is 1. The number of hydrogen-bond acceptors (Lipinski definition) is 1. The van der Waals surface area contributed by atoms with Crippen molar-refractivity contribution >= 4 is 23.5 Å². The van der Waals surface area contributed by atoms with Gasteiger partial charge in [-0.15, -0.1) is 5.46 Å². The third kappa shape index (κ3) is 1.39. The molecule has 1 aromatic carbocycles. The van der Waals surface area contributed by atoms with Crippen molar-refractivity contribution in [2.45, 2.75) is 0 Å². The minimum Gasteiger partial charge on any atom is -0.445 e. The maximum absolute atomic E-state index is 12.3. The fourth-order valence-corrected chi connectivity index (χ4v) is 1.16. The van der Waals surface area contributed by atoms with Crippen LogP contribution < -0.4 is 5.46 Å². The van der Waals surface area contributed by atoms with Gasteiger partial charge in [-0.1, -0.05) is 12.1 Å². The largest absolute Gasteiger partial charge is 0.509 e. The van der Waals surface area contributed by atoms with Crippen LogP contribution in [-0.2, 0) is 0 Å². The molecule has 0 amide bonds. The van der Waals surface area contributed by atoms with Crippen LogP contribution in [0.5, 0.6) is 0 Å². The van der Waals surface area contributed by atoms with E-state index in [0.29, 0.717) is 11.0 Å². The first kappa shape index (κ1) is 8.16. The normalized spacial score (nSPS) is 12.2. The molecule has 0 radical (unpaired) electrons. The average Bonchev–Trinajstić information content (AvgIpc) is 2.47. The number of halogens is 3. The first-order valence-corrected chi connectivity index (χ1v) is 3.70. The highest BCUT2D eigenvalue weighted by Gasteiger charge is 2.25. The third-order valence-corrected chi connectivity index (χ3v) is 1.82. The summed E-state index contributed by atoms with van der Waals surface area (Å²) in [6.45, 7) is -4.91. The predicted octanol–water partition coefficient (Wildman–Crippen LogP) is 1.62. The number of H-pyrrole nitrogens is 1. The second-order valence-corrected chi connectivity index (χ2v) is 2.75. The van der Waals surface area contributed by atoms with Crippen molar-refractivity contribution in [3.05, 3.63) is 24.5 Å². The van der Waals surface area contributed by atoms with Crippen molar-refractivity contribution in [2.24, 2.45) is 0 Å². The molecule has 0 saturated heterocycles. The lowest BCUT2D eigenvalue weighted by atomic mass is 9.80. The summed E-state index contributed by atoms with van der Waals surface area (Å²) in [4.78, 5) is 6.46. The predicted molar refractivity (Wildman–Crippen MR) is 44.8 cm³/mol. The molecule has 2 rings (SSSR count). The number of hydrogen-bond donors (Lipinski definition) is 1. The Hall–Kier alpha value is -1.46. The molecule has 0 aliphatic carbocycles. The molecule has 0 fully saturated rings. The Bertz CT molecular complexity index is 434. The van der Waals surface area contributed by atoms with Crippen LogP contribution in [0, 0.1) is 0 Å². The summed E-state index contributed by atoms with van der Waals surface area (Å²) >= 11 is 0. The van der Waals surface area contributed by atoms with Gasteiger partial charge in [0.2, 0.25) is 0 Å². The van der Waals surface area contributed by atoms with Crippen LogP contribution in [0.2, 0.25) is 0 Å². The number of fused-ring (bicyclic) bond motifs is 1. The summed E-state index contributed by atoms with van der Waals surface area (Å²) in [6.07, 6.45) is 1.37. The second-order valence-electron chi connectivity index (χ2n) is 2.75. The Balaban J connectivity index is 2.61. The fraction of sp³-hybridized carbons (Fsp3) is 0. The number of benzene rings is 1. The van der Waals surface area contributed by atoms with Gasteiger partial charge in [-0.05, 0) is 6.07 Å². The van der Waals surface area contributed by atoms with Crippen LogP contribution in [0.25, 0.3) is 11.0 Å². The second kappa shape index (κ2) is 2.51. The van der Waals surface area contributed by atoms with Crippen molar-refractivity contribution < 1.29 is 12.9 Å². The number of aromatic nitrogens is 2. The molecule has 68 valence electrons. The fourth-order valence-electron chi connectivity index (χ4n) is 1.16. The Kier molecular flexibility index (Phi) is 1.58. The molecule has 0 bridgehead atoms. The molecule has 0 unspecified atom stereocenters. The van der Waals surface area contributed by atoms with E-state index in [-0.39, 0.29) is 0 Å². The Morgan fingerprint density at radius 1 is 1.23 bits per heavy atom. The summed E-state index contributed by atoms with van der Waals surface area (Å²) in [6, 6.07) is 3.47. The molecule has 0 saturated carbocycles. The van der Waals surface area contributed by atoms with E-state index in [1.165, 1.54) is 12.4 Å². The summed E-state index contributed by atoms with van der Waals surface area (Å²) in [7, 11) is 0. The standard InChI is InChI=1S/C7H5BF3N2/c9-8(10,11)5-1-2-6-7(3-5)13-4-12-6/h1-4H,(H,12,13)/q-1. The SMILES string of the molecule is F[B-](F)(F)c1ccc2nc[nH]c2c1. The van der Waals surface area contributed by atoms with E-state index in [0.717, 1.165) is 12.1 Å². The van der Waals surface area contributed by atoms with Crippen LogP contribution in [0.3, 0.4) is 0 Å². The average molecular weight is 185 g/mol. The van der Waals surface area contributed by atoms with E-state index in [2.05, 4.69) is 9.97 Å². The molecule has 0 spiro atoms. The topological polar surface area (TPSA) is 28.7 Å². The van der Waals surface area contributed by atoms with Crippen molar-refractivity contribution in [3.63, 3.8) is 0 Å². The number of aromatic amines is 1. The first-order valence-electron chi connectivity index (χ1n) is 3.70. The summed E-state index contributed by atoms with van der Waals surface area (Å²) in [5, 5.41) is 0. The lowest BCUT2D eigenvalue weighted by Gasteiger charge is -2.13. The van der Waals surface area contributed by atoms with Crippen molar-refractivity contribution in [3.8, 4) is 0 Å². The van der Waals surface area contributed by atoms with Crippen molar-refractivity contribution in [2.75, 3.05) is 0 Å². The lowest BCUT2D eigenvalue weighted by Crippen LogP contribution is -2.33. The van der Waals surface area contributed by atoms with Crippen LogP contribution in [-0.4, -0.2) is 16.9 Å². The zero-order valence-electron chi connectivity index (χ0n) is 6.47. The van der Waals surface area contributed by atoms with Crippen LogP contribution in [0.4, 0.5) is 12.9 Å². The summed E-state index contributed by atoms with van der Waals surface area (Å²) in [5.41, 5.74) is 0.359. The van der Waals surface area contributed by atoms with Gasteiger partial charge < -0.3 is 17.9 Å². The maximum Gasteiger partial charge on any atom is 0.509 e. The molecule has 6 heteroatoms. The van der Waals surface area contributed by atoms with Gasteiger partial charge in [0.05, 0.1) is 17.4 Å². The molecule has 0 aliphatic heterocycles. The molecule has 1 N–H and O–H groups in total. The van der Waals surface area contributed by atoms with E-state index >= 15 is 0 Å². The Morgan fingerprint density at radius 2 is 2.00 bits per heavy atom. The van der Waals surface area contributed by atoms with Gasteiger partial charge in [-0.2, -0.15) is 0 Å². The zero-order valence-corrected chi connectivity index (χ0v) is 6.47. The van der Waals surface area contributed by atoms with E-state index in [1.54, 1.807) is 0 Å². The molecular weight excluding hydrogens is 180 g/mol. The molecule has 1 aromatic heterocycles. The minimum atomic E-state index is -4.91. The highest BCUT2D eigenvalue weighted by molar-refractivity contribution is 6.73. The van der Waals surface area contributed by atoms with Crippen LogP contribution >= 0.6 is 0 Å². The van der Waals surface area contributed by atoms with Crippen LogP contribution in [0.15, 0.2) is 24.5 Å². The quantitative estimate of drug-likeness (QED) is 0.671. The monoisotopic (exact) mass is 185 g/mol. The van der Waals surface area contributed by atoms with Gasteiger partial charge >= 0.3 is 6.98 Å². The van der Waals surface area contributed by atoms with Gasteiger partial charge in [-0.3, -0.25) is 0 Å². The van der Waals surface area contributed by atoms with Crippen molar-refractivity contribution in [1.29, 1.82) is 0 Å². The Labute approximate surface area is 71.8 Å². The van der Waals surface area contributed by atoms with Crippen LogP contribution in [0.1, 0.15) is 0 Å². The molecule has 1 heterocycles. The molecule has 0 aliphatic rings. The zero-order chi connectivity index (χ0) is 9.47. The first-order chi connectivity index (χ1) is 6.07. The molecular formula is C7H5BF3N2-. The number of imidazole rings is 1. The number of rotatable bonds is 1. The van der Waals surface area contributed by atoms with Gasteiger partial charge in [0.15, 0.2) is 0 Å². The molecule has 2 nitrogen and oxygen atoms in total. The molecule has 0 atom stereocenters. The van der Waals surface area contributed by atoms with Gasteiger partial charge in [0, 0.05) is 0 Å². The van der Waals surface area contributed by atoms with E-state index in [1.807, 2.05) is 0 Å². The third-order valence-electron chi connectivity index (χ3n) is 1.82. The summed E-state index contributed by atoms with van der Waals surface area (Å²) < 4.78 is 36.8. The smallest absolute Gasteiger partial charge is 0.445 e. The van der Waals surface area contributed by atoms with E-state index in [4.69, 9.17) is 0 Å². The Morgan fingerprint density at radius 3 is 2.69 bits per heavy atom. The summed E-state index contributed by atoms with van der Waals surface area (Å²) in [5.74, 6) is 0. The lowest BCUT2D eigenvalue weighted by molar-refractivity contribution is 0.501. The van der Waals surface area contributed by atoms with Gasteiger partial charge in [-0.25, -0.2) is 4.98 Å². The minimum absolute atomic E-state index is 0.414. The molecule has 2 aromatic rings. The van der Waals surface area contributed by atoms with Gasteiger partial charge in [0.1, 0.15) is 0 Å². The van der Waals surface area contributed by atoms with Crippen molar-refractivity contribution in [1.82, 2.24) is 9.97 Å². The maximum atomic E-state index is 12.3. The van der Waals surface area contributed by atoms with E-state index < -0.39 is 12.4 Å². The van der Waals surface area contributed by atoms with Gasteiger partial charge in [0.25, 0.3) is 0 Å². The molecule has 13 heavy (non-hydrogen) atoms.